The van der Waals surface area contributed by atoms with Crippen molar-refractivity contribution in [3.63, 3.8) is 0 Å². The van der Waals surface area contributed by atoms with Crippen LogP contribution in [-0.4, -0.2) is 12.9 Å². The molecule has 3 N–H and O–H groups in total. The van der Waals surface area contributed by atoms with Crippen molar-refractivity contribution >= 4 is 17.6 Å². The Morgan fingerprint density at radius 3 is 1.94 bits per heavy atom. The fourth-order valence-electron chi connectivity index (χ4n) is 1.48. The SMILES string of the molecule is COc1ccc(Sc2ccc(C(=N)N)cc2)cc1. The summed E-state index contributed by atoms with van der Waals surface area (Å²) in [5.41, 5.74) is 6.16. The molecule has 0 aliphatic heterocycles. The summed E-state index contributed by atoms with van der Waals surface area (Å²) < 4.78 is 5.11. The number of methoxy groups -OCH3 is 1. The van der Waals surface area contributed by atoms with Crippen LogP contribution >= 0.6 is 11.8 Å². The Morgan fingerprint density at radius 1 is 1.00 bits per heavy atom. The molecule has 0 amide bonds. The molecule has 3 nitrogen and oxygen atoms in total. The second-order valence-corrected chi connectivity index (χ2v) is 4.86. The Hall–Kier alpha value is -1.94. The molecule has 4 heteroatoms. The maximum atomic E-state index is 7.33. The number of nitrogens with one attached hydrogen (secondary N) is 1. The number of hydrogen-bond donors (Lipinski definition) is 2. The van der Waals surface area contributed by atoms with Crippen molar-refractivity contribution in [2.24, 2.45) is 5.73 Å². The van der Waals surface area contributed by atoms with E-state index >= 15 is 0 Å². The van der Waals surface area contributed by atoms with E-state index in [4.69, 9.17) is 15.9 Å². The first-order valence-corrected chi connectivity index (χ1v) is 6.27. The molecule has 0 aromatic heterocycles. The van der Waals surface area contributed by atoms with Crippen molar-refractivity contribution in [1.82, 2.24) is 0 Å². The van der Waals surface area contributed by atoms with Crippen LogP contribution in [0.3, 0.4) is 0 Å². The van der Waals surface area contributed by atoms with E-state index in [1.165, 1.54) is 0 Å². The number of hydrogen-bond acceptors (Lipinski definition) is 3. The monoisotopic (exact) mass is 258 g/mol. The van der Waals surface area contributed by atoms with E-state index in [2.05, 4.69) is 0 Å². The first kappa shape index (κ1) is 12.5. The molecule has 0 heterocycles. The van der Waals surface area contributed by atoms with Crippen LogP contribution in [0.25, 0.3) is 0 Å². The zero-order valence-corrected chi connectivity index (χ0v) is 10.8. The molecule has 0 aliphatic rings. The minimum absolute atomic E-state index is 0.0935. The van der Waals surface area contributed by atoms with Crippen molar-refractivity contribution in [2.75, 3.05) is 7.11 Å². The molecule has 0 radical (unpaired) electrons. The first-order valence-electron chi connectivity index (χ1n) is 5.45. The fourth-order valence-corrected chi connectivity index (χ4v) is 2.30. The first-order chi connectivity index (χ1) is 8.69. The summed E-state index contributed by atoms with van der Waals surface area (Å²) in [6, 6.07) is 15.5. The fraction of sp³-hybridized carbons (Fsp3) is 0.0714. The second-order valence-electron chi connectivity index (χ2n) is 3.72. The van der Waals surface area contributed by atoms with Gasteiger partial charge in [-0.15, -0.1) is 0 Å². The van der Waals surface area contributed by atoms with E-state index < -0.39 is 0 Å². The van der Waals surface area contributed by atoms with Crippen molar-refractivity contribution in [3.05, 3.63) is 54.1 Å². The molecule has 0 fully saturated rings. The molecule has 0 atom stereocenters. The van der Waals surface area contributed by atoms with Crippen molar-refractivity contribution in [1.29, 1.82) is 5.41 Å². The summed E-state index contributed by atoms with van der Waals surface area (Å²) in [4.78, 5) is 2.26. The van der Waals surface area contributed by atoms with E-state index in [9.17, 15) is 0 Å². The highest BCUT2D eigenvalue weighted by molar-refractivity contribution is 7.99. The number of benzene rings is 2. The van der Waals surface area contributed by atoms with E-state index in [1.807, 2.05) is 48.5 Å². The topological polar surface area (TPSA) is 59.1 Å². The normalized spacial score (nSPS) is 10.1. The number of nitrogens with two attached hydrogens (primary N) is 1. The van der Waals surface area contributed by atoms with Gasteiger partial charge in [0.15, 0.2) is 0 Å². The smallest absolute Gasteiger partial charge is 0.122 e. The molecular formula is C14H14N2OS. The van der Waals surface area contributed by atoms with Gasteiger partial charge >= 0.3 is 0 Å². The summed E-state index contributed by atoms with van der Waals surface area (Å²) in [5, 5.41) is 7.33. The maximum Gasteiger partial charge on any atom is 0.122 e. The lowest BCUT2D eigenvalue weighted by molar-refractivity contribution is 0.414. The number of ether oxygens (including phenoxy) is 1. The molecule has 0 unspecified atom stereocenters. The maximum absolute atomic E-state index is 7.33. The van der Waals surface area contributed by atoms with Crippen molar-refractivity contribution in [3.8, 4) is 5.75 Å². The highest BCUT2D eigenvalue weighted by Crippen LogP contribution is 2.28. The third-order valence-corrected chi connectivity index (χ3v) is 3.48. The van der Waals surface area contributed by atoms with Crippen LogP contribution < -0.4 is 10.5 Å². The van der Waals surface area contributed by atoms with Gasteiger partial charge in [-0.3, -0.25) is 5.41 Å². The zero-order chi connectivity index (χ0) is 13.0. The summed E-state index contributed by atoms with van der Waals surface area (Å²) in [5.74, 6) is 0.947. The Morgan fingerprint density at radius 2 is 1.50 bits per heavy atom. The third kappa shape index (κ3) is 3.05. The van der Waals surface area contributed by atoms with Crippen molar-refractivity contribution in [2.45, 2.75) is 9.79 Å². The Balaban J connectivity index is 2.10. The lowest BCUT2D eigenvalue weighted by Crippen LogP contribution is -2.10. The molecule has 0 aliphatic carbocycles. The number of nitrogen functional groups attached to an aromatic ring is 1. The minimum atomic E-state index is 0.0935. The predicted octanol–water partition coefficient (Wildman–Crippen LogP) is 3.13. The molecule has 2 aromatic carbocycles. The Bertz CT molecular complexity index is 535. The molecule has 0 saturated carbocycles. The highest BCUT2D eigenvalue weighted by Gasteiger charge is 2.00. The molecule has 92 valence electrons. The zero-order valence-electron chi connectivity index (χ0n) is 10.0. The standard InChI is InChI=1S/C14H14N2OS/c1-17-11-4-8-13(9-5-11)18-12-6-2-10(3-7-12)14(15)16/h2-9H,1H3,(H3,15,16). The summed E-state index contributed by atoms with van der Waals surface area (Å²) in [7, 11) is 1.66. The van der Waals surface area contributed by atoms with Gasteiger partial charge in [-0.1, -0.05) is 23.9 Å². The highest BCUT2D eigenvalue weighted by atomic mass is 32.2. The van der Waals surface area contributed by atoms with Gasteiger partial charge in [-0.05, 0) is 36.4 Å². The molecule has 0 bridgehead atoms. The van der Waals surface area contributed by atoms with Gasteiger partial charge in [-0.25, -0.2) is 0 Å². The summed E-state index contributed by atoms with van der Waals surface area (Å²) in [6.07, 6.45) is 0. The van der Waals surface area contributed by atoms with Gasteiger partial charge in [0, 0.05) is 15.4 Å². The van der Waals surface area contributed by atoms with Gasteiger partial charge in [0.2, 0.25) is 0 Å². The second kappa shape index (κ2) is 5.60. The lowest BCUT2D eigenvalue weighted by atomic mass is 10.2. The van der Waals surface area contributed by atoms with Crippen LogP contribution in [0.2, 0.25) is 0 Å². The molecule has 2 aromatic rings. The third-order valence-electron chi connectivity index (χ3n) is 2.46. The lowest BCUT2D eigenvalue weighted by Gasteiger charge is -2.04. The molecule has 0 saturated heterocycles. The Labute approximate surface area is 110 Å². The van der Waals surface area contributed by atoms with Gasteiger partial charge in [0.25, 0.3) is 0 Å². The number of rotatable bonds is 4. The van der Waals surface area contributed by atoms with E-state index in [1.54, 1.807) is 18.9 Å². The average Bonchev–Trinajstić information content (AvgIpc) is 2.40. The van der Waals surface area contributed by atoms with Crippen LogP contribution in [-0.2, 0) is 0 Å². The molecule has 2 rings (SSSR count). The largest absolute Gasteiger partial charge is 0.497 e. The van der Waals surface area contributed by atoms with E-state index in [0.29, 0.717) is 0 Å². The van der Waals surface area contributed by atoms with Crippen LogP contribution in [0.5, 0.6) is 5.75 Å². The van der Waals surface area contributed by atoms with Crippen LogP contribution in [0, 0.1) is 5.41 Å². The van der Waals surface area contributed by atoms with Crippen LogP contribution in [0.4, 0.5) is 0 Å². The van der Waals surface area contributed by atoms with Gasteiger partial charge < -0.3 is 10.5 Å². The Kier molecular flexibility index (Phi) is 3.89. The predicted molar refractivity (Wildman–Crippen MR) is 74.6 cm³/mol. The van der Waals surface area contributed by atoms with Crippen LogP contribution in [0.1, 0.15) is 5.56 Å². The average molecular weight is 258 g/mol. The summed E-state index contributed by atoms with van der Waals surface area (Å²) >= 11 is 1.66. The molecule has 0 spiro atoms. The minimum Gasteiger partial charge on any atom is -0.497 e. The number of amidine groups is 1. The molecular weight excluding hydrogens is 244 g/mol. The summed E-state index contributed by atoms with van der Waals surface area (Å²) in [6.45, 7) is 0. The quantitative estimate of drug-likeness (QED) is 0.654. The van der Waals surface area contributed by atoms with Gasteiger partial charge in [-0.2, -0.15) is 0 Å². The van der Waals surface area contributed by atoms with Crippen LogP contribution in [0.15, 0.2) is 58.3 Å². The van der Waals surface area contributed by atoms with E-state index in [0.717, 1.165) is 21.1 Å². The van der Waals surface area contributed by atoms with E-state index in [-0.39, 0.29) is 5.84 Å². The van der Waals surface area contributed by atoms with Crippen molar-refractivity contribution < 1.29 is 4.74 Å². The molecule has 18 heavy (non-hydrogen) atoms. The van der Waals surface area contributed by atoms with Gasteiger partial charge in [0.1, 0.15) is 11.6 Å². The van der Waals surface area contributed by atoms with Gasteiger partial charge in [0.05, 0.1) is 7.11 Å².